The van der Waals surface area contributed by atoms with Crippen LogP contribution < -0.4 is 10.1 Å². The molecule has 0 radical (unpaired) electrons. The van der Waals surface area contributed by atoms with Crippen molar-refractivity contribution in [2.45, 2.75) is 59.0 Å². The zero-order valence-electron chi connectivity index (χ0n) is 13.4. The molecule has 0 heterocycles. The van der Waals surface area contributed by atoms with Crippen LogP contribution in [0.3, 0.4) is 0 Å². The molecule has 1 atom stereocenters. The van der Waals surface area contributed by atoms with Gasteiger partial charge in [-0.2, -0.15) is 0 Å². The topological polar surface area (TPSA) is 38.3 Å². The van der Waals surface area contributed by atoms with Crippen LogP contribution in [0.25, 0.3) is 0 Å². The number of nitrogens with one attached hydrogen (secondary N) is 1. The van der Waals surface area contributed by atoms with Gasteiger partial charge in [0.25, 0.3) is 5.91 Å². The van der Waals surface area contributed by atoms with Crippen molar-refractivity contribution in [1.29, 1.82) is 0 Å². The molecule has 0 spiro atoms. The van der Waals surface area contributed by atoms with Gasteiger partial charge in [-0.05, 0) is 62.8 Å². The van der Waals surface area contributed by atoms with E-state index in [1.54, 1.807) is 0 Å². The Kier molecular flexibility index (Phi) is 5.66. The maximum absolute atomic E-state index is 12.1. The van der Waals surface area contributed by atoms with E-state index < -0.39 is 6.10 Å². The number of hydrogen-bond acceptors (Lipinski definition) is 2. The lowest BCUT2D eigenvalue weighted by Gasteiger charge is -2.23. The average Bonchev–Trinajstić information content (AvgIpc) is 2.44. The summed E-state index contributed by atoms with van der Waals surface area (Å²) in [6, 6.07) is 6.04. The molecule has 0 aliphatic heterocycles. The lowest BCUT2D eigenvalue weighted by atomic mass is 9.89. The summed E-state index contributed by atoms with van der Waals surface area (Å²) in [4.78, 5) is 12.1. The number of hydrogen-bond donors (Lipinski definition) is 1. The van der Waals surface area contributed by atoms with Crippen molar-refractivity contribution >= 4 is 5.91 Å². The molecule has 0 aromatic heterocycles. The normalized spacial score (nSPS) is 17.3. The Hall–Kier alpha value is -1.51. The number of rotatable bonds is 5. The SMILES string of the molecule is Cc1cc(C)cc(O[C@@H](C)C(=O)NCC2CCCCC2)c1. The highest BCUT2D eigenvalue weighted by molar-refractivity contribution is 5.80. The molecule has 1 N–H and O–H groups in total. The van der Waals surface area contributed by atoms with Crippen molar-refractivity contribution < 1.29 is 9.53 Å². The van der Waals surface area contributed by atoms with Gasteiger partial charge >= 0.3 is 0 Å². The van der Waals surface area contributed by atoms with Gasteiger partial charge in [-0.25, -0.2) is 0 Å². The van der Waals surface area contributed by atoms with Crippen LogP contribution in [-0.2, 0) is 4.79 Å². The molecule has 0 bridgehead atoms. The van der Waals surface area contributed by atoms with Crippen molar-refractivity contribution in [1.82, 2.24) is 5.32 Å². The first-order valence-electron chi connectivity index (χ1n) is 8.07. The van der Waals surface area contributed by atoms with Crippen LogP contribution in [0.1, 0.15) is 50.2 Å². The smallest absolute Gasteiger partial charge is 0.260 e. The summed E-state index contributed by atoms with van der Waals surface area (Å²) in [6.45, 7) is 6.68. The number of carbonyl (C=O) groups is 1. The molecule has 21 heavy (non-hydrogen) atoms. The lowest BCUT2D eigenvalue weighted by Crippen LogP contribution is -2.39. The summed E-state index contributed by atoms with van der Waals surface area (Å²) < 4.78 is 5.77. The van der Waals surface area contributed by atoms with Crippen LogP contribution in [0.2, 0.25) is 0 Å². The molecular weight excluding hydrogens is 262 g/mol. The fourth-order valence-electron chi connectivity index (χ4n) is 3.04. The molecule has 1 saturated carbocycles. The monoisotopic (exact) mass is 289 g/mol. The van der Waals surface area contributed by atoms with Gasteiger partial charge in [0.15, 0.2) is 6.10 Å². The third-order valence-corrected chi connectivity index (χ3v) is 4.17. The second-order valence-electron chi connectivity index (χ2n) is 6.33. The summed E-state index contributed by atoms with van der Waals surface area (Å²) in [6.07, 6.45) is 5.98. The predicted octanol–water partition coefficient (Wildman–Crippen LogP) is 3.77. The summed E-state index contributed by atoms with van der Waals surface area (Å²) >= 11 is 0. The van der Waals surface area contributed by atoms with E-state index in [9.17, 15) is 4.79 Å². The Morgan fingerprint density at radius 1 is 1.19 bits per heavy atom. The van der Waals surface area contributed by atoms with Crippen LogP contribution >= 0.6 is 0 Å². The molecule has 2 rings (SSSR count). The fraction of sp³-hybridized carbons (Fsp3) is 0.611. The van der Waals surface area contributed by atoms with Crippen LogP contribution in [0.4, 0.5) is 0 Å². The van der Waals surface area contributed by atoms with E-state index in [0.717, 1.165) is 23.4 Å². The van der Waals surface area contributed by atoms with Crippen LogP contribution in [0.15, 0.2) is 18.2 Å². The minimum absolute atomic E-state index is 0.0141. The first-order valence-corrected chi connectivity index (χ1v) is 8.07. The van der Waals surface area contributed by atoms with Gasteiger partial charge in [-0.1, -0.05) is 25.3 Å². The van der Waals surface area contributed by atoms with Crippen molar-refractivity contribution in [3.63, 3.8) is 0 Å². The Morgan fingerprint density at radius 2 is 1.81 bits per heavy atom. The van der Waals surface area contributed by atoms with Gasteiger partial charge in [0.05, 0.1) is 0 Å². The van der Waals surface area contributed by atoms with Gasteiger partial charge in [0.1, 0.15) is 5.75 Å². The summed E-state index contributed by atoms with van der Waals surface area (Å²) in [5, 5.41) is 3.04. The van der Waals surface area contributed by atoms with Gasteiger partial charge in [0, 0.05) is 6.54 Å². The van der Waals surface area contributed by atoms with E-state index in [0.29, 0.717) is 5.92 Å². The maximum atomic E-state index is 12.1. The van der Waals surface area contributed by atoms with Gasteiger partial charge in [-0.3, -0.25) is 4.79 Å². The molecule has 0 saturated heterocycles. The number of carbonyl (C=O) groups excluding carboxylic acids is 1. The van der Waals surface area contributed by atoms with E-state index in [4.69, 9.17) is 4.74 Å². The van der Waals surface area contributed by atoms with E-state index >= 15 is 0 Å². The van der Waals surface area contributed by atoms with Crippen LogP contribution in [0, 0.1) is 19.8 Å². The third-order valence-electron chi connectivity index (χ3n) is 4.17. The Morgan fingerprint density at radius 3 is 2.43 bits per heavy atom. The fourth-order valence-corrected chi connectivity index (χ4v) is 3.04. The average molecular weight is 289 g/mol. The summed E-state index contributed by atoms with van der Waals surface area (Å²) in [5.74, 6) is 1.41. The number of amides is 1. The van der Waals surface area contributed by atoms with Crippen molar-refractivity contribution in [3.8, 4) is 5.75 Å². The second-order valence-corrected chi connectivity index (χ2v) is 6.33. The van der Waals surface area contributed by atoms with Crippen LogP contribution in [0.5, 0.6) is 5.75 Å². The zero-order valence-corrected chi connectivity index (χ0v) is 13.4. The molecule has 1 amide bonds. The minimum Gasteiger partial charge on any atom is -0.481 e. The molecular formula is C18H27NO2. The highest BCUT2D eigenvalue weighted by Gasteiger charge is 2.18. The Bertz CT molecular complexity index is 458. The number of benzene rings is 1. The van der Waals surface area contributed by atoms with E-state index in [-0.39, 0.29) is 5.91 Å². The number of aryl methyl sites for hydroxylation is 2. The van der Waals surface area contributed by atoms with Gasteiger partial charge in [0.2, 0.25) is 0 Å². The highest BCUT2D eigenvalue weighted by atomic mass is 16.5. The van der Waals surface area contributed by atoms with Crippen molar-refractivity contribution in [2.75, 3.05) is 6.54 Å². The van der Waals surface area contributed by atoms with Crippen molar-refractivity contribution in [3.05, 3.63) is 29.3 Å². The minimum atomic E-state index is -0.449. The van der Waals surface area contributed by atoms with E-state index in [1.165, 1.54) is 32.1 Å². The quantitative estimate of drug-likeness (QED) is 0.896. The van der Waals surface area contributed by atoms with E-state index in [1.807, 2.05) is 32.9 Å². The first kappa shape index (κ1) is 15.9. The third kappa shape index (κ3) is 5.07. The summed E-state index contributed by atoms with van der Waals surface area (Å²) in [5.41, 5.74) is 2.31. The maximum Gasteiger partial charge on any atom is 0.260 e. The van der Waals surface area contributed by atoms with Crippen LogP contribution in [-0.4, -0.2) is 18.6 Å². The predicted molar refractivity (Wildman–Crippen MR) is 85.6 cm³/mol. The van der Waals surface area contributed by atoms with Gasteiger partial charge < -0.3 is 10.1 Å². The molecule has 3 heteroatoms. The van der Waals surface area contributed by atoms with E-state index in [2.05, 4.69) is 11.4 Å². The molecule has 1 fully saturated rings. The first-order chi connectivity index (χ1) is 10.0. The Balaban J connectivity index is 1.81. The van der Waals surface area contributed by atoms with Gasteiger partial charge in [-0.15, -0.1) is 0 Å². The second kappa shape index (κ2) is 7.48. The zero-order chi connectivity index (χ0) is 15.2. The highest BCUT2D eigenvalue weighted by Crippen LogP contribution is 2.23. The molecule has 3 nitrogen and oxygen atoms in total. The molecule has 1 aromatic carbocycles. The molecule has 1 aliphatic carbocycles. The lowest BCUT2D eigenvalue weighted by molar-refractivity contribution is -0.127. The summed E-state index contributed by atoms with van der Waals surface area (Å²) in [7, 11) is 0. The largest absolute Gasteiger partial charge is 0.481 e. The molecule has 116 valence electrons. The molecule has 0 unspecified atom stereocenters. The molecule has 1 aliphatic rings. The molecule has 1 aromatic rings. The van der Waals surface area contributed by atoms with Crippen molar-refractivity contribution in [2.24, 2.45) is 5.92 Å². The standard InChI is InChI=1S/C18H27NO2/c1-13-9-14(2)11-17(10-13)21-15(3)18(20)19-12-16-7-5-4-6-8-16/h9-11,15-16H,4-8,12H2,1-3H3,(H,19,20)/t15-/m0/s1. The Labute approximate surface area is 128 Å². The number of ether oxygens (including phenoxy) is 1.